The van der Waals surface area contributed by atoms with E-state index in [0.29, 0.717) is 5.69 Å². The van der Waals surface area contributed by atoms with Crippen LogP contribution in [0.5, 0.6) is 5.75 Å². The predicted molar refractivity (Wildman–Crippen MR) is 97.4 cm³/mol. The van der Waals surface area contributed by atoms with Gasteiger partial charge in [0.2, 0.25) is 0 Å². The molecule has 0 aliphatic rings. The molecule has 1 amide bonds. The zero-order chi connectivity index (χ0) is 19.6. The minimum atomic E-state index is -4.77. The lowest BCUT2D eigenvalue weighted by atomic mass is 10.1. The molecular formula is C18H13BrF3N3O2. The van der Waals surface area contributed by atoms with Crippen LogP contribution in [0.4, 0.5) is 18.9 Å². The summed E-state index contributed by atoms with van der Waals surface area (Å²) in [6, 6.07) is 11.9. The molecule has 1 N–H and O–H groups in total. The molecule has 3 aromatic rings. The van der Waals surface area contributed by atoms with Crippen molar-refractivity contribution in [2.75, 3.05) is 5.32 Å². The van der Waals surface area contributed by atoms with Crippen LogP contribution in [-0.2, 0) is 7.05 Å². The fraction of sp³-hybridized carbons (Fsp3) is 0.111. The van der Waals surface area contributed by atoms with E-state index in [-0.39, 0.29) is 11.3 Å². The smallest absolute Gasteiger partial charge is 0.406 e. The summed E-state index contributed by atoms with van der Waals surface area (Å²) in [5.74, 6) is -0.836. The fourth-order valence-electron chi connectivity index (χ4n) is 2.49. The molecule has 0 bridgehead atoms. The van der Waals surface area contributed by atoms with Crippen molar-refractivity contribution in [2.24, 2.45) is 7.05 Å². The third kappa shape index (κ3) is 4.68. The molecule has 1 aromatic heterocycles. The third-order valence-electron chi connectivity index (χ3n) is 3.64. The third-order valence-corrected chi connectivity index (χ3v) is 4.22. The zero-order valence-corrected chi connectivity index (χ0v) is 15.5. The Balaban J connectivity index is 1.76. The summed E-state index contributed by atoms with van der Waals surface area (Å²) in [6.45, 7) is 0. The first kappa shape index (κ1) is 19.0. The molecule has 0 aliphatic heterocycles. The quantitative estimate of drug-likeness (QED) is 0.622. The second-order valence-corrected chi connectivity index (χ2v) is 6.43. The molecule has 140 valence electrons. The summed E-state index contributed by atoms with van der Waals surface area (Å²) >= 11 is 3.43. The average Bonchev–Trinajstić information content (AvgIpc) is 2.93. The molecule has 0 unspecified atom stereocenters. The number of halogens is 4. The van der Waals surface area contributed by atoms with E-state index >= 15 is 0 Å². The lowest BCUT2D eigenvalue weighted by molar-refractivity contribution is -0.274. The number of amides is 1. The van der Waals surface area contributed by atoms with E-state index in [1.165, 1.54) is 12.1 Å². The van der Waals surface area contributed by atoms with E-state index < -0.39 is 12.3 Å². The van der Waals surface area contributed by atoms with Crippen LogP contribution >= 0.6 is 15.9 Å². The summed E-state index contributed by atoms with van der Waals surface area (Å²) in [4.78, 5) is 12.3. The van der Waals surface area contributed by atoms with Crippen LogP contribution in [-0.4, -0.2) is 22.1 Å². The van der Waals surface area contributed by atoms with Gasteiger partial charge in [-0.25, -0.2) is 0 Å². The topological polar surface area (TPSA) is 56.2 Å². The first-order chi connectivity index (χ1) is 12.7. The van der Waals surface area contributed by atoms with Crippen molar-refractivity contribution in [1.29, 1.82) is 0 Å². The molecule has 0 spiro atoms. The van der Waals surface area contributed by atoms with Gasteiger partial charge in [0, 0.05) is 23.9 Å². The Bertz CT molecular complexity index is 949. The first-order valence-corrected chi connectivity index (χ1v) is 8.47. The molecule has 0 saturated carbocycles. The standard InChI is InChI=1S/C18H13BrF3N3O2/c1-25-16(15(19)10-23-25)12-3-2-4-13(9-12)24-17(26)11-5-7-14(8-6-11)27-18(20,21)22/h2-10H,1H3,(H,24,26). The Hall–Kier alpha value is -2.81. The molecule has 0 saturated heterocycles. The molecule has 27 heavy (non-hydrogen) atoms. The van der Waals surface area contributed by atoms with Crippen molar-refractivity contribution in [3.63, 3.8) is 0 Å². The number of anilines is 1. The fourth-order valence-corrected chi connectivity index (χ4v) is 3.07. The highest BCUT2D eigenvalue weighted by molar-refractivity contribution is 9.10. The number of benzene rings is 2. The number of carbonyl (C=O) groups excluding carboxylic acids is 1. The van der Waals surface area contributed by atoms with Gasteiger partial charge in [-0.2, -0.15) is 5.10 Å². The minimum Gasteiger partial charge on any atom is -0.406 e. The van der Waals surface area contributed by atoms with Crippen LogP contribution in [0.2, 0.25) is 0 Å². The van der Waals surface area contributed by atoms with Gasteiger partial charge in [0.05, 0.1) is 16.4 Å². The molecule has 1 heterocycles. The van der Waals surface area contributed by atoms with Gasteiger partial charge in [-0.15, -0.1) is 13.2 Å². The van der Waals surface area contributed by atoms with Crippen LogP contribution in [0.15, 0.2) is 59.2 Å². The van der Waals surface area contributed by atoms with Crippen molar-refractivity contribution in [2.45, 2.75) is 6.36 Å². The van der Waals surface area contributed by atoms with Gasteiger partial charge in [0.1, 0.15) is 5.75 Å². The van der Waals surface area contributed by atoms with Crippen LogP contribution in [0, 0.1) is 0 Å². The number of alkyl halides is 3. The number of carbonyl (C=O) groups is 1. The molecule has 9 heteroatoms. The maximum Gasteiger partial charge on any atom is 0.573 e. The number of rotatable bonds is 4. The molecule has 0 fully saturated rings. The zero-order valence-electron chi connectivity index (χ0n) is 13.9. The number of aryl methyl sites for hydroxylation is 1. The lowest BCUT2D eigenvalue weighted by Gasteiger charge is -2.10. The predicted octanol–water partition coefficient (Wildman–Crippen LogP) is 5.00. The van der Waals surface area contributed by atoms with Gasteiger partial charge in [0.15, 0.2) is 0 Å². The normalized spacial score (nSPS) is 11.3. The Morgan fingerprint density at radius 2 is 1.89 bits per heavy atom. The van der Waals surface area contributed by atoms with Crippen LogP contribution in [0.3, 0.4) is 0 Å². The Morgan fingerprint density at radius 1 is 1.19 bits per heavy atom. The minimum absolute atomic E-state index is 0.205. The van der Waals surface area contributed by atoms with Crippen molar-refractivity contribution < 1.29 is 22.7 Å². The van der Waals surface area contributed by atoms with Crippen molar-refractivity contribution in [3.05, 3.63) is 64.8 Å². The molecular weight excluding hydrogens is 427 g/mol. The molecule has 3 rings (SSSR count). The molecule has 0 aliphatic carbocycles. The molecule has 2 aromatic carbocycles. The summed E-state index contributed by atoms with van der Waals surface area (Å²) in [6.07, 6.45) is -3.10. The van der Waals surface area contributed by atoms with Crippen LogP contribution in [0.25, 0.3) is 11.3 Å². The van der Waals surface area contributed by atoms with Gasteiger partial charge in [0.25, 0.3) is 5.91 Å². The highest BCUT2D eigenvalue weighted by atomic mass is 79.9. The Kier molecular flexibility index (Phi) is 5.22. The van der Waals surface area contributed by atoms with E-state index in [2.05, 4.69) is 31.1 Å². The van der Waals surface area contributed by atoms with E-state index in [0.717, 1.165) is 27.9 Å². The summed E-state index contributed by atoms with van der Waals surface area (Å²) in [5, 5.41) is 6.88. The highest BCUT2D eigenvalue weighted by Crippen LogP contribution is 2.29. The SMILES string of the molecule is Cn1ncc(Br)c1-c1cccc(NC(=O)c2ccc(OC(F)(F)F)cc2)c1. The van der Waals surface area contributed by atoms with Gasteiger partial charge < -0.3 is 10.1 Å². The number of nitrogens with zero attached hydrogens (tertiary/aromatic N) is 2. The van der Waals surface area contributed by atoms with Gasteiger partial charge in [-0.3, -0.25) is 9.48 Å². The highest BCUT2D eigenvalue weighted by Gasteiger charge is 2.31. The van der Waals surface area contributed by atoms with Crippen LogP contribution in [0.1, 0.15) is 10.4 Å². The number of ether oxygens (including phenoxy) is 1. The number of hydrogen-bond donors (Lipinski definition) is 1. The molecule has 0 radical (unpaired) electrons. The van der Waals surface area contributed by atoms with E-state index in [1.54, 1.807) is 36.1 Å². The number of nitrogens with one attached hydrogen (secondary N) is 1. The van der Waals surface area contributed by atoms with Gasteiger partial charge in [-0.1, -0.05) is 12.1 Å². The molecule has 5 nitrogen and oxygen atoms in total. The van der Waals surface area contributed by atoms with E-state index in [9.17, 15) is 18.0 Å². The van der Waals surface area contributed by atoms with E-state index in [1.807, 2.05) is 6.07 Å². The summed E-state index contributed by atoms with van der Waals surface area (Å²) < 4.78 is 42.9. The van der Waals surface area contributed by atoms with Crippen molar-refractivity contribution in [3.8, 4) is 17.0 Å². The number of hydrogen-bond acceptors (Lipinski definition) is 3. The number of aromatic nitrogens is 2. The summed E-state index contributed by atoms with van der Waals surface area (Å²) in [7, 11) is 1.80. The Labute approximate surface area is 160 Å². The second kappa shape index (κ2) is 7.43. The largest absolute Gasteiger partial charge is 0.573 e. The lowest BCUT2D eigenvalue weighted by Crippen LogP contribution is -2.17. The molecule has 0 atom stereocenters. The summed E-state index contributed by atoms with van der Waals surface area (Å²) in [5.41, 5.74) is 2.44. The van der Waals surface area contributed by atoms with Crippen LogP contribution < -0.4 is 10.1 Å². The maximum atomic E-state index is 12.3. The van der Waals surface area contributed by atoms with Crippen molar-refractivity contribution >= 4 is 27.5 Å². The van der Waals surface area contributed by atoms with Crippen molar-refractivity contribution in [1.82, 2.24) is 9.78 Å². The monoisotopic (exact) mass is 439 g/mol. The first-order valence-electron chi connectivity index (χ1n) is 7.68. The maximum absolute atomic E-state index is 12.3. The van der Waals surface area contributed by atoms with Gasteiger partial charge >= 0.3 is 6.36 Å². The second-order valence-electron chi connectivity index (χ2n) is 5.57. The van der Waals surface area contributed by atoms with Gasteiger partial charge in [-0.05, 0) is 52.3 Å². The Morgan fingerprint density at radius 3 is 2.48 bits per heavy atom. The van der Waals surface area contributed by atoms with E-state index in [4.69, 9.17) is 0 Å². The average molecular weight is 440 g/mol.